The molecule has 0 aliphatic heterocycles. The van der Waals surface area contributed by atoms with E-state index in [9.17, 15) is 10.1 Å². The molecular weight excluding hydrogens is 246 g/mol. The highest BCUT2D eigenvalue weighted by Crippen LogP contribution is 2.29. The third-order valence-corrected chi connectivity index (χ3v) is 2.13. The van der Waals surface area contributed by atoms with Crippen LogP contribution in [0.4, 0.5) is 5.69 Å². The minimum Gasteiger partial charge on any atom is -0.502 e. The summed E-state index contributed by atoms with van der Waals surface area (Å²) in [5, 5.41) is 11.0. The van der Waals surface area contributed by atoms with Crippen molar-refractivity contribution >= 4 is 17.3 Å². The van der Waals surface area contributed by atoms with Gasteiger partial charge in [0.05, 0.1) is 24.4 Å². The van der Waals surface area contributed by atoms with E-state index in [4.69, 9.17) is 21.1 Å². The zero-order valence-corrected chi connectivity index (χ0v) is 9.85. The standard InChI is InChI=1S/C11H12ClNO4/c1-2-16-6-3-7-17-11-5-4-9(12)8-10(11)13(14)15/h2,4-5,8H,1,3,6-7H2. The van der Waals surface area contributed by atoms with Crippen molar-refractivity contribution in [2.75, 3.05) is 13.2 Å². The minimum atomic E-state index is -0.526. The lowest BCUT2D eigenvalue weighted by Crippen LogP contribution is -2.03. The van der Waals surface area contributed by atoms with E-state index in [-0.39, 0.29) is 11.4 Å². The number of rotatable bonds is 7. The molecule has 0 N–H and O–H groups in total. The summed E-state index contributed by atoms with van der Waals surface area (Å²) in [7, 11) is 0. The minimum absolute atomic E-state index is 0.137. The van der Waals surface area contributed by atoms with Crippen LogP contribution in [0.25, 0.3) is 0 Å². The van der Waals surface area contributed by atoms with E-state index < -0.39 is 4.92 Å². The summed E-state index contributed by atoms with van der Waals surface area (Å²) in [5.41, 5.74) is -0.137. The Kier molecular flexibility index (Phi) is 5.29. The Hall–Kier alpha value is -1.75. The number of nitro benzene ring substituents is 1. The van der Waals surface area contributed by atoms with Crippen LogP contribution in [-0.2, 0) is 4.74 Å². The summed E-state index contributed by atoms with van der Waals surface area (Å²) in [5.74, 6) is 0.206. The van der Waals surface area contributed by atoms with E-state index in [0.29, 0.717) is 24.7 Å². The molecule has 6 heteroatoms. The van der Waals surface area contributed by atoms with Crippen LogP contribution < -0.4 is 4.74 Å². The highest BCUT2D eigenvalue weighted by molar-refractivity contribution is 6.30. The van der Waals surface area contributed by atoms with E-state index in [1.54, 1.807) is 6.07 Å². The molecule has 0 spiro atoms. The van der Waals surface area contributed by atoms with Gasteiger partial charge in [0, 0.05) is 17.5 Å². The van der Waals surface area contributed by atoms with Gasteiger partial charge in [0.25, 0.3) is 0 Å². The number of nitro groups is 1. The molecule has 0 radical (unpaired) electrons. The van der Waals surface area contributed by atoms with Crippen molar-refractivity contribution in [3.05, 3.63) is 46.2 Å². The molecule has 92 valence electrons. The van der Waals surface area contributed by atoms with Gasteiger partial charge >= 0.3 is 5.69 Å². The maximum absolute atomic E-state index is 10.7. The van der Waals surface area contributed by atoms with Crippen LogP contribution in [0.5, 0.6) is 5.75 Å². The second-order valence-corrected chi connectivity index (χ2v) is 3.55. The van der Waals surface area contributed by atoms with Gasteiger partial charge < -0.3 is 9.47 Å². The van der Waals surface area contributed by atoms with Crippen LogP contribution in [-0.4, -0.2) is 18.1 Å². The van der Waals surface area contributed by atoms with E-state index in [1.807, 2.05) is 0 Å². The Morgan fingerprint density at radius 1 is 1.47 bits per heavy atom. The second kappa shape index (κ2) is 6.75. The zero-order chi connectivity index (χ0) is 12.7. The molecule has 0 atom stereocenters. The first-order chi connectivity index (χ1) is 8.15. The lowest BCUT2D eigenvalue weighted by Gasteiger charge is -2.06. The van der Waals surface area contributed by atoms with Gasteiger partial charge in [0.15, 0.2) is 5.75 Å². The van der Waals surface area contributed by atoms with Gasteiger partial charge in [-0.25, -0.2) is 0 Å². The summed E-state index contributed by atoms with van der Waals surface area (Å²) in [6, 6.07) is 4.29. The topological polar surface area (TPSA) is 61.6 Å². The molecule has 1 rings (SSSR count). The first kappa shape index (κ1) is 13.3. The van der Waals surface area contributed by atoms with Crippen molar-refractivity contribution in [1.29, 1.82) is 0 Å². The van der Waals surface area contributed by atoms with Crippen LogP contribution in [0.15, 0.2) is 31.0 Å². The SMILES string of the molecule is C=COCCCOc1ccc(Cl)cc1[N+](=O)[O-]. The summed E-state index contributed by atoms with van der Waals surface area (Å²) in [6.45, 7) is 4.19. The van der Waals surface area contributed by atoms with Crippen molar-refractivity contribution in [1.82, 2.24) is 0 Å². The summed E-state index contributed by atoms with van der Waals surface area (Å²) in [6.07, 6.45) is 1.95. The van der Waals surface area contributed by atoms with Gasteiger partial charge in [-0.3, -0.25) is 10.1 Å². The van der Waals surface area contributed by atoms with E-state index >= 15 is 0 Å². The van der Waals surface area contributed by atoms with Crippen molar-refractivity contribution in [2.24, 2.45) is 0 Å². The number of halogens is 1. The predicted octanol–water partition coefficient (Wildman–Crippen LogP) is 3.18. The molecule has 0 aliphatic rings. The molecule has 0 saturated heterocycles. The summed E-state index contributed by atoms with van der Waals surface area (Å²) >= 11 is 5.67. The predicted molar refractivity (Wildman–Crippen MR) is 64.4 cm³/mol. The highest BCUT2D eigenvalue weighted by Gasteiger charge is 2.15. The maximum atomic E-state index is 10.7. The van der Waals surface area contributed by atoms with Gasteiger partial charge in [-0.15, -0.1) is 0 Å². The lowest BCUT2D eigenvalue weighted by atomic mass is 10.3. The van der Waals surface area contributed by atoms with Crippen LogP contribution in [0.2, 0.25) is 5.02 Å². The Morgan fingerprint density at radius 2 is 2.24 bits per heavy atom. The summed E-state index contributed by atoms with van der Waals surface area (Å²) < 4.78 is 10.2. The average Bonchev–Trinajstić information content (AvgIpc) is 2.30. The zero-order valence-electron chi connectivity index (χ0n) is 9.10. The smallest absolute Gasteiger partial charge is 0.312 e. The Bertz CT molecular complexity index is 408. The third-order valence-electron chi connectivity index (χ3n) is 1.90. The van der Waals surface area contributed by atoms with E-state index in [0.717, 1.165) is 0 Å². The molecule has 5 nitrogen and oxygen atoms in total. The molecule has 0 bridgehead atoms. The van der Waals surface area contributed by atoms with Gasteiger partial charge in [-0.05, 0) is 12.1 Å². The van der Waals surface area contributed by atoms with Crippen molar-refractivity contribution in [2.45, 2.75) is 6.42 Å². The first-order valence-corrected chi connectivity index (χ1v) is 5.32. The van der Waals surface area contributed by atoms with Crippen molar-refractivity contribution in [3.8, 4) is 5.75 Å². The van der Waals surface area contributed by atoms with E-state index in [2.05, 4.69) is 6.58 Å². The van der Waals surface area contributed by atoms with Crippen LogP contribution in [0.3, 0.4) is 0 Å². The number of hydrogen-bond acceptors (Lipinski definition) is 4. The molecule has 0 saturated carbocycles. The van der Waals surface area contributed by atoms with E-state index in [1.165, 1.54) is 18.4 Å². The third kappa shape index (κ3) is 4.32. The largest absolute Gasteiger partial charge is 0.502 e. The molecule has 0 fully saturated rings. The maximum Gasteiger partial charge on any atom is 0.312 e. The Morgan fingerprint density at radius 3 is 2.88 bits per heavy atom. The average molecular weight is 258 g/mol. The summed E-state index contributed by atoms with van der Waals surface area (Å²) in [4.78, 5) is 10.2. The molecule has 0 unspecified atom stereocenters. The molecule has 0 aliphatic carbocycles. The van der Waals surface area contributed by atoms with Crippen molar-refractivity contribution in [3.63, 3.8) is 0 Å². The molecule has 1 aromatic carbocycles. The molecular formula is C11H12ClNO4. The van der Waals surface area contributed by atoms with Gasteiger partial charge in [0.2, 0.25) is 0 Å². The Labute approximate surface area is 104 Å². The monoisotopic (exact) mass is 257 g/mol. The van der Waals surface area contributed by atoms with Crippen LogP contribution in [0.1, 0.15) is 6.42 Å². The fraction of sp³-hybridized carbons (Fsp3) is 0.273. The Balaban J connectivity index is 2.58. The quantitative estimate of drug-likeness (QED) is 0.326. The van der Waals surface area contributed by atoms with Crippen molar-refractivity contribution < 1.29 is 14.4 Å². The lowest BCUT2D eigenvalue weighted by molar-refractivity contribution is -0.385. The van der Waals surface area contributed by atoms with Crippen LogP contribution in [0, 0.1) is 10.1 Å². The first-order valence-electron chi connectivity index (χ1n) is 4.94. The molecule has 1 aromatic rings. The fourth-order valence-electron chi connectivity index (χ4n) is 1.16. The number of ether oxygens (including phenoxy) is 2. The van der Waals surface area contributed by atoms with Gasteiger partial charge in [-0.2, -0.15) is 0 Å². The van der Waals surface area contributed by atoms with Crippen LogP contribution >= 0.6 is 11.6 Å². The highest BCUT2D eigenvalue weighted by atomic mass is 35.5. The fourth-order valence-corrected chi connectivity index (χ4v) is 1.33. The van der Waals surface area contributed by atoms with Gasteiger partial charge in [-0.1, -0.05) is 18.2 Å². The second-order valence-electron chi connectivity index (χ2n) is 3.11. The van der Waals surface area contributed by atoms with Gasteiger partial charge in [0.1, 0.15) is 0 Å². The molecule has 17 heavy (non-hydrogen) atoms. The number of nitrogens with zero attached hydrogens (tertiary/aromatic N) is 1. The molecule has 0 aromatic heterocycles. The number of benzene rings is 1. The molecule has 0 amide bonds. The normalized spacial score (nSPS) is 9.71. The number of hydrogen-bond donors (Lipinski definition) is 0. The molecule has 0 heterocycles.